The summed E-state index contributed by atoms with van der Waals surface area (Å²) in [6.45, 7) is 5.63. The van der Waals surface area contributed by atoms with Gasteiger partial charge in [-0.3, -0.25) is 4.79 Å². The first-order valence-electron chi connectivity index (χ1n) is 5.22. The van der Waals surface area contributed by atoms with Crippen molar-refractivity contribution >= 4 is 11.6 Å². The van der Waals surface area contributed by atoms with Crippen LogP contribution in [0.4, 0.5) is 5.69 Å². The summed E-state index contributed by atoms with van der Waals surface area (Å²) in [6.07, 6.45) is 2.40. The number of methoxy groups -OCH3 is 1. The fourth-order valence-electron chi connectivity index (χ4n) is 2.09. The van der Waals surface area contributed by atoms with Gasteiger partial charge in [0.25, 0.3) is 0 Å². The van der Waals surface area contributed by atoms with Crippen molar-refractivity contribution in [1.29, 1.82) is 0 Å². The van der Waals surface area contributed by atoms with E-state index in [1.54, 1.807) is 13.2 Å². The molecule has 0 aromatic heterocycles. The van der Waals surface area contributed by atoms with Crippen LogP contribution in [0.25, 0.3) is 0 Å². The van der Waals surface area contributed by atoms with Crippen molar-refractivity contribution in [2.24, 2.45) is 0 Å². The summed E-state index contributed by atoms with van der Waals surface area (Å²) in [5.74, 6) is 0.793. The summed E-state index contributed by atoms with van der Waals surface area (Å²) < 4.78 is 5.18. The second kappa shape index (κ2) is 3.67. The van der Waals surface area contributed by atoms with Crippen LogP contribution in [0.2, 0.25) is 0 Å². The van der Waals surface area contributed by atoms with Crippen molar-refractivity contribution in [2.75, 3.05) is 12.4 Å². The molecule has 0 bridgehead atoms. The summed E-state index contributed by atoms with van der Waals surface area (Å²) in [6, 6.07) is 5.63. The van der Waals surface area contributed by atoms with Crippen molar-refractivity contribution < 1.29 is 9.53 Å². The van der Waals surface area contributed by atoms with Gasteiger partial charge in [0.15, 0.2) is 0 Å². The van der Waals surface area contributed by atoms with E-state index in [0.717, 1.165) is 17.0 Å². The summed E-state index contributed by atoms with van der Waals surface area (Å²) in [5, 5.41) is 2.88. The first kappa shape index (κ1) is 10.7. The third-order valence-corrected chi connectivity index (χ3v) is 3.12. The third-order valence-electron chi connectivity index (χ3n) is 3.12. The van der Waals surface area contributed by atoms with Crippen LogP contribution in [0.1, 0.15) is 18.9 Å². The second-order valence-electron chi connectivity index (χ2n) is 4.19. The van der Waals surface area contributed by atoms with Crippen LogP contribution in [0, 0.1) is 0 Å². The molecule has 3 heteroatoms. The molecule has 1 heterocycles. The lowest BCUT2D eigenvalue weighted by molar-refractivity contribution is -0.120. The number of anilines is 1. The molecule has 0 unspecified atom stereocenters. The molecule has 16 heavy (non-hydrogen) atoms. The van der Waals surface area contributed by atoms with Crippen molar-refractivity contribution in [3.8, 4) is 5.75 Å². The number of amides is 1. The number of carbonyl (C=O) groups is 1. The molecular weight excluding hydrogens is 202 g/mol. The van der Waals surface area contributed by atoms with Gasteiger partial charge in [0.05, 0.1) is 12.5 Å². The Hall–Kier alpha value is -1.77. The van der Waals surface area contributed by atoms with E-state index in [1.807, 2.05) is 25.1 Å². The number of ether oxygens (including phenoxy) is 1. The number of rotatable bonds is 3. The highest BCUT2D eigenvalue weighted by molar-refractivity contribution is 6.06. The summed E-state index contributed by atoms with van der Waals surface area (Å²) in [7, 11) is 1.62. The first-order valence-corrected chi connectivity index (χ1v) is 5.22. The maximum Gasteiger partial charge on any atom is 0.235 e. The third kappa shape index (κ3) is 1.40. The lowest BCUT2D eigenvalue weighted by Gasteiger charge is -2.20. The monoisotopic (exact) mass is 217 g/mol. The standard InChI is InChI=1S/C13H15NO2/c1-4-7-13(2)10-8-9(16-3)5-6-11(10)14-12(13)15/h4-6,8H,1,7H2,2-3H3,(H,14,15)/t13-/m0/s1. The SMILES string of the molecule is C=CC[C@]1(C)C(=O)Nc2ccc(OC)cc21. The predicted molar refractivity (Wildman–Crippen MR) is 63.8 cm³/mol. The predicted octanol–water partition coefficient (Wildman–Crippen LogP) is 2.48. The highest BCUT2D eigenvalue weighted by atomic mass is 16.5. The number of allylic oxidation sites excluding steroid dienone is 1. The molecule has 1 atom stereocenters. The number of nitrogens with one attached hydrogen (secondary N) is 1. The molecule has 1 N–H and O–H groups in total. The van der Waals surface area contributed by atoms with Crippen LogP contribution in [-0.4, -0.2) is 13.0 Å². The van der Waals surface area contributed by atoms with Gasteiger partial charge in [-0.05, 0) is 37.1 Å². The van der Waals surface area contributed by atoms with Crippen molar-refractivity contribution in [1.82, 2.24) is 0 Å². The minimum atomic E-state index is -0.522. The molecule has 0 spiro atoms. The van der Waals surface area contributed by atoms with Crippen LogP contribution in [-0.2, 0) is 10.2 Å². The average molecular weight is 217 g/mol. The Balaban J connectivity index is 2.53. The number of hydrogen-bond acceptors (Lipinski definition) is 2. The van der Waals surface area contributed by atoms with Crippen LogP contribution < -0.4 is 10.1 Å². The fraction of sp³-hybridized carbons (Fsp3) is 0.308. The van der Waals surface area contributed by atoms with Crippen LogP contribution in [0.3, 0.4) is 0 Å². The van der Waals surface area contributed by atoms with Gasteiger partial charge in [0.2, 0.25) is 5.91 Å². The number of fused-ring (bicyclic) bond motifs is 1. The Labute approximate surface area is 95.1 Å². The minimum Gasteiger partial charge on any atom is -0.497 e. The summed E-state index contributed by atoms with van der Waals surface area (Å²) in [4.78, 5) is 11.9. The molecule has 1 aromatic rings. The Bertz CT molecular complexity index is 453. The molecule has 0 saturated heterocycles. The van der Waals surface area contributed by atoms with Gasteiger partial charge >= 0.3 is 0 Å². The van der Waals surface area contributed by atoms with Gasteiger partial charge < -0.3 is 10.1 Å². The van der Waals surface area contributed by atoms with E-state index in [-0.39, 0.29) is 5.91 Å². The summed E-state index contributed by atoms with van der Waals surface area (Å²) >= 11 is 0. The molecule has 0 radical (unpaired) electrons. The molecule has 1 aliphatic rings. The topological polar surface area (TPSA) is 38.3 Å². The molecule has 1 amide bonds. The smallest absolute Gasteiger partial charge is 0.235 e. The fourth-order valence-corrected chi connectivity index (χ4v) is 2.09. The molecule has 1 aromatic carbocycles. The Morgan fingerprint density at radius 3 is 2.94 bits per heavy atom. The van der Waals surface area contributed by atoms with E-state index >= 15 is 0 Å². The van der Waals surface area contributed by atoms with E-state index < -0.39 is 5.41 Å². The van der Waals surface area contributed by atoms with Crippen molar-refractivity contribution in [2.45, 2.75) is 18.8 Å². The van der Waals surface area contributed by atoms with E-state index in [2.05, 4.69) is 11.9 Å². The van der Waals surface area contributed by atoms with E-state index in [1.165, 1.54) is 0 Å². The first-order chi connectivity index (χ1) is 7.61. The highest BCUT2D eigenvalue weighted by Crippen LogP contribution is 2.41. The molecule has 0 aliphatic carbocycles. The van der Waals surface area contributed by atoms with Gasteiger partial charge in [-0.15, -0.1) is 6.58 Å². The van der Waals surface area contributed by atoms with Crippen molar-refractivity contribution in [3.05, 3.63) is 36.4 Å². The quantitative estimate of drug-likeness (QED) is 0.790. The Kier molecular flexibility index (Phi) is 2.46. The number of carbonyl (C=O) groups excluding carboxylic acids is 1. The Morgan fingerprint density at radius 1 is 1.56 bits per heavy atom. The molecule has 1 aliphatic heterocycles. The zero-order valence-electron chi connectivity index (χ0n) is 9.54. The van der Waals surface area contributed by atoms with Gasteiger partial charge in [0.1, 0.15) is 5.75 Å². The van der Waals surface area contributed by atoms with Crippen molar-refractivity contribution in [3.63, 3.8) is 0 Å². The largest absolute Gasteiger partial charge is 0.497 e. The zero-order chi connectivity index (χ0) is 11.8. The maximum absolute atomic E-state index is 11.9. The summed E-state index contributed by atoms with van der Waals surface area (Å²) in [5.41, 5.74) is 1.33. The van der Waals surface area contributed by atoms with E-state index in [0.29, 0.717) is 6.42 Å². The Morgan fingerprint density at radius 2 is 2.31 bits per heavy atom. The number of hydrogen-bond donors (Lipinski definition) is 1. The lowest BCUT2D eigenvalue weighted by atomic mass is 9.81. The van der Waals surface area contributed by atoms with Crippen LogP contribution in [0.15, 0.2) is 30.9 Å². The van der Waals surface area contributed by atoms with Gasteiger partial charge in [-0.25, -0.2) is 0 Å². The molecule has 0 saturated carbocycles. The normalized spacial score (nSPS) is 22.5. The van der Waals surface area contributed by atoms with Gasteiger partial charge in [-0.2, -0.15) is 0 Å². The second-order valence-corrected chi connectivity index (χ2v) is 4.19. The lowest BCUT2D eigenvalue weighted by Crippen LogP contribution is -2.30. The van der Waals surface area contributed by atoms with Gasteiger partial charge in [0, 0.05) is 5.69 Å². The van der Waals surface area contributed by atoms with E-state index in [9.17, 15) is 4.79 Å². The van der Waals surface area contributed by atoms with Gasteiger partial charge in [-0.1, -0.05) is 6.08 Å². The average Bonchev–Trinajstić information content (AvgIpc) is 2.52. The molecule has 2 rings (SSSR count). The van der Waals surface area contributed by atoms with E-state index in [4.69, 9.17) is 4.74 Å². The molecule has 84 valence electrons. The molecule has 0 fully saturated rings. The molecular formula is C13H15NO2. The highest BCUT2D eigenvalue weighted by Gasteiger charge is 2.41. The number of benzene rings is 1. The van der Waals surface area contributed by atoms with Crippen LogP contribution >= 0.6 is 0 Å². The maximum atomic E-state index is 11.9. The zero-order valence-corrected chi connectivity index (χ0v) is 9.54. The van der Waals surface area contributed by atoms with Crippen LogP contribution in [0.5, 0.6) is 5.75 Å². The minimum absolute atomic E-state index is 0.0238. The molecule has 3 nitrogen and oxygen atoms in total.